The zero-order valence-corrected chi connectivity index (χ0v) is 12.9. The average molecular weight is 277 g/mol. The highest BCUT2D eigenvalue weighted by molar-refractivity contribution is 5.39. The third kappa shape index (κ3) is 3.53. The highest BCUT2D eigenvalue weighted by atomic mass is 16.5. The SMILES string of the molecule is COCCOc1ccccc1C1(N)CCCC(C)(C)C1. The van der Waals surface area contributed by atoms with Gasteiger partial charge in [0.25, 0.3) is 0 Å². The third-order valence-corrected chi connectivity index (χ3v) is 4.24. The number of hydrogen-bond donors (Lipinski definition) is 1. The molecular weight excluding hydrogens is 250 g/mol. The second-order valence-corrected chi connectivity index (χ2v) is 6.69. The maximum Gasteiger partial charge on any atom is 0.124 e. The van der Waals surface area contributed by atoms with Gasteiger partial charge >= 0.3 is 0 Å². The van der Waals surface area contributed by atoms with Crippen LogP contribution in [0.1, 0.15) is 45.1 Å². The molecule has 1 saturated carbocycles. The van der Waals surface area contributed by atoms with Gasteiger partial charge < -0.3 is 15.2 Å². The fraction of sp³-hybridized carbons (Fsp3) is 0.647. The lowest BCUT2D eigenvalue weighted by Crippen LogP contribution is -2.44. The van der Waals surface area contributed by atoms with E-state index in [9.17, 15) is 0 Å². The van der Waals surface area contributed by atoms with Crippen molar-refractivity contribution >= 4 is 0 Å². The second kappa shape index (κ2) is 6.15. The smallest absolute Gasteiger partial charge is 0.124 e. The van der Waals surface area contributed by atoms with E-state index in [4.69, 9.17) is 15.2 Å². The zero-order valence-electron chi connectivity index (χ0n) is 12.9. The van der Waals surface area contributed by atoms with E-state index in [0.29, 0.717) is 18.6 Å². The quantitative estimate of drug-likeness (QED) is 0.838. The summed E-state index contributed by atoms with van der Waals surface area (Å²) in [5, 5.41) is 0. The number of ether oxygens (including phenoxy) is 2. The standard InChI is InChI=1S/C17H27NO2/c1-16(2)9-6-10-17(18,13-16)14-7-4-5-8-15(14)20-12-11-19-3/h4-5,7-8H,6,9-13,18H2,1-3H3. The van der Waals surface area contributed by atoms with Crippen LogP contribution in [-0.2, 0) is 10.3 Å². The molecule has 0 spiro atoms. The summed E-state index contributed by atoms with van der Waals surface area (Å²) in [5.41, 5.74) is 7.92. The van der Waals surface area contributed by atoms with Crippen LogP contribution < -0.4 is 10.5 Å². The van der Waals surface area contributed by atoms with Gasteiger partial charge in [-0.1, -0.05) is 38.5 Å². The topological polar surface area (TPSA) is 44.5 Å². The summed E-state index contributed by atoms with van der Waals surface area (Å²) in [4.78, 5) is 0. The van der Waals surface area contributed by atoms with E-state index >= 15 is 0 Å². The van der Waals surface area contributed by atoms with Gasteiger partial charge in [0.2, 0.25) is 0 Å². The third-order valence-electron chi connectivity index (χ3n) is 4.24. The molecule has 3 heteroatoms. The molecule has 0 amide bonds. The molecule has 1 aliphatic rings. The van der Waals surface area contributed by atoms with Gasteiger partial charge in [-0.25, -0.2) is 0 Å². The molecule has 2 rings (SSSR count). The van der Waals surface area contributed by atoms with Crippen molar-refractivity contribution < 1.29 is 9.47 Å². The van der Waals surface area contributed by atoms with Crippen LogP contribution in [0, 0.1) is 5.41 Å². The molecule has 0 saturated heterocycles. The summed E-state index contributed by atoms with van der Waals surface area (Å²) in [6.45, 7) is 5.77. The summed E-state index contributed by atoms with van der Waals surface area (Å²) >= 11 is 0. The highest BCUT2D eigenvalue weighted by Crippen LogP contribution is 2.46. The van der Waals surface area contributed by atoms with E-state index in [1.54, 1.807) is 7.11 Å². The summed E-state index contributed by atoms with van der Waals surface area (Å²) < 4.78 is 10.9. The van der Waals surface area contributed by atoms with Crippen LogP contribution in [0.15, 0.2) is 24.3 Å². The molecule has 0 aromatic heterocycles. The van der Waals surface area contributed by atoms with Crippen LogP contribution in [0.5, 0.6) is 5.75 Å². The van der Waals surface area contributed by atoms with Gasteiger partial charge in [0.05, 0.1) is 6.61 Å². The van der Waals surface area contributed by atoms with Crippen molar-refractivity contribution in [3.63, 3.8) is 0 Å². The highest BCUT2D eigenvalue weighted by Gasteiger charge is 2.39. The van der Waals surface area contributed by atoms with Crippen molar-refractivity contribution in [2.24, 2.45) is 11.1 Å². The Bertz CT molecular complexity index is 444. The summed E-state index contributed by atoms with van der Waals surface area (Å²) in [7, 11) is 1.68. The molecule has 20 heavy (non-hydrogen) atoms. The van der Waals surface area contributed by atoms with Crippen molar-refractivity contribution in [1.82, 2.24) is 0 Å². The molecule has 3 nitrogen and oxygen atoms in total. The van der Waals surface area contributed by atoms with Crippen LogP contribution >= 0.6 is 0 Å². The van der Waals surface area contributed by atoms with E-state index in [0.717, 1.165) is 24.2 Å². The number of hydrogen-bond acceptors (Lipinski definition) is 3. The molecule has 0 heterocycles. The maximum atomic E-state index is 6.75. The number of nitrogens with two attached hydrogens (primary N) is 1. The lowest BCUT2D eigenvalue weighted by atomic mass is 9.66. The molecule has 0 radical (unpaired) electrons. The predicted molar refractivity (Wildman–Crippen MR) is 81.9 cm³/mol. The molecule has 2 N–H and O–H groups in total. The second-order valence-electron chi connectivity index (χ2n) is 6.69. The van der Waals surface area contributed by atoms with Gasteiger partial charge in [0.15, 0.2) is 0 Å². The summed E-state index contributed by atoms with van der Waals surface area (Å²) in [6, 6.07) is 8.18. The minimum atomic E-state index is -0.272. The van der Waals surface area contributed by atoms with Crippen molar-refractivity contribution in [2.75, 3.05) is 20.3 Å². The number of benzene rings is 1. The van der Waals surface area contributed by atoms with Gasteiger partial charge in [-0.05, 0) is 30.7 Å². The molecule has 1 atom stereocenters. The first kappa shape index (κ1) is 15.3. The Morgan fingerprint density at radius 1 is 1.15 bits per heavy atom. The van der Waals surface area contributed by atoms with Gasteiger partial charge in [-0.2, -0.15) is 0 Å². The van der Waals surface area contributed by atoms with Crippen molar-refractivity contribution in [1.29, 1.82) is 0 Å². The first-order chi connectivity index (χ1) is 9.47. The molecule has 1 fully saturated rings. The lowest BCUT2D eigenvalue weighted by molar-refractivity contribution is 0.133. The monoisotopic (exact) mass is 277 g/mol. The van der Waals surface area contributed by atoms with Crippen molar-refractivity contribution in [3.05, 3.63) is 29.8 Å². The van der Waals surface area contributed by atoms with Crippen molar-refractivity contribution in [3.8, 4) is 5.75 Å². The van der Waals surface area contributed by atoms with E-state index in [2.05, 4.69) is 26.0 Å². The average Bonchev–Trinajstić information content (AvgIpc) is 2.38. The van der Waals surface area contributed by atoms with Crippen LogP contribution in [0.2, 0.25) is 0 Å². The first-order valence-corrected chi connectivity index (χ1v) is 7.47. The number of rotatable bonds is 5. The molecule has 1 aromatic rings. The number of methoxy groups -OCH3 is 1. The molecule has 1 aliphatic carbocycles. The molecule has 0 aliphatic heterocycles. The Morgan fingerprint density at radius 3 is 2.60 bits per heavy atom. The molecular formula is C17H27NO2. The Morgan fingerprint density at radius 2 is 1.90 bits per heavy atom. The Balaban J connectivity index is 2.22. The van der Waals surface area contributed by atoms with Crippen LogP contribution in [0.25, 0.3) is 0 Å². The normalized spacial score (nSPS) is 25.4. The minimum absolute atomic E-state index is 0.272. The Kier molecular flexibility index (Phi) is 4.71. The van der Waals surface area contributed by atoms with Gasteiger partial charge in [-0.15, -0.1) is 0 Å². The Hall–Kier alpha value is -1.06. The number of para-hydroxylation sites is 1. The largest absolute Gasteiger partial charge is 0.491 e. The van der Waals surface area contributed by atoms with Gasteiger partial charge in [0.1, 0.15) is 12.4 Å². The maximum absolute atomic E-state index is 6.75. The molecule has 0 bridgehead atoms. The van der Waals surface area contributed by atoms with Gasteiger partial charge in [-0.3, -0.25) is 0 Å². The predicted octanol–water partition coefficient (Wildman–Crippen LogP) is 3.47. The van der Waals surface area contributed by atoms with Gasteiger partial charge in [0, 0.05) is 18.2 Å². The molecule has 1 aromatic carbocycles. The van der Waals surface area contributed by atoms with E-state index < -0.39 is 0 Å². The summed E-state index contributed by atoms with van der Waals surface area (Å²) in [5.74, 6) is 0.907. The van der Waals surface area contributed by atoms with E-state index in [1.165, 1.54) is 12.8 Å². The van der Waals surface area contributed by atoms with E-state index in [-0.39, 0.29) is 5.54 Å². The van der Waals surface area contributed by atoms with E-state index in [1.807, 2.05) is 12.1 Å². The van der Waals surface area contributed by atoms with Crippen molar-refractivity contribution in [2.45, 2.75) is 45.1 Å². The zero-order chi connectivity index (χ0) is 14.6. The summed E-state index contributed by atoms with van der Waals surface area (Å²) in [6.07, 6.45) is 4.46. The first-order valence-electron chi connectivity index (χ1n) is 7.47. The van der Waals surface area contributed by atoms with Crippen LogP contribution in [0.3, 0.4) is 0 Å². The fourth-order valence-corrected chi connectivity index (χ4v) is 3.38. The Labute approximate surface area is 122 Å². The minimum Gasteiger partial charge on any atom is -0.491 e. The molecule has 1 unspecified atom stereocenters. The lowest BCUT2D eigenvalue weighted by Gasteiger charge is -2.43. The molecule has 112 valence electrons. The van der Waals surface area contributed by atoms with Crippen LogP contribution in [0.4, 0.5) is 0 Å². The van der Waals surface area contributed by atoms with Crippen LogP contribution in [-0.4, -0.2) is 20.3 Å². The fourth-order valence-electron chi connectivity index (χ4n) is 3.38.